The third-order valence-electron chi connectivity index (χ3n) is 3.27. The Labute approximate surface area is 142 Å². The molecule has 0 unspecified atom stereocenters. The van der Waals surface area contributed by atoms with E-state index in [0.717, 1.165) is 11.1 Å². The van der Waals surface area contributed by atoms with Crippen LogP contribution in [0.25, 0.3) is 11.4 Å². The summed E-state index contributed by atoms with van der Waals surface area (Å²) in [6, 6.07) is 12.9. The molecule has 3 aromatic rings. The van der Waals surface area contributed by atoms with Crippen LogP contribution in [0.5, 0.6) is 0 Å². The number of benzene rings is 2. The van der Waals surface area contributed by atoms with Gasteiger partial charge in [-0.2, -0.15) is 4.98 Å². The van der Waals surface area contributed by atoms with Crippen molar-refractivity contribution in [2.75, 3.05) is 0 Å². The van der Waals surface area contributed by atoms with Crippen LogP contribution in [0, 0.1) is 5.82 Å². The molecule has 0 aliphatic heterocycles. The molecule has 1 amide bonds. The number of halogens is 2. The molecule has 7 heteroatoms. The normalized spacial score (nSPS) is 10.6. The molecule has 122 valence electrons. The quantitative estimate of drug-likeness (QED) is 0.769. The average Bonchev–Trinajstić information content (AvgIpc) is 3.04. The van der Waals surface area contributed by atoms with Crippen LogP contribution < -0.4 is 5.32 Å². The summed E-state index contributed by atoms with van der Waals surface area (Å²) in [6.07, 6.45) is 0.148. The van der Waals surface area contributed by atoms with Crippen LogP contribution in [0.1, 0.15) is 11.5 Å². The number of aromatic nitrogens is 2. The van der Waals surface area contributed by atoms with E-state index in [1.165, 1.54) is 12.1 Å². The van der Waals surface area contributed by atoms with Crippen LogP contribution in [0.4, 0.5) is 4.39 Å². The van der Waals surface area contributed by atoms with Gasteiger partial charge in [0.25, 0.3) is 0 Å². The monoisotopic (exact) mass is 345 g/mol. The van der Waals surface area contributed by atoms with Crippen molar-refractivity contribution < 1.29 is 13.7 Å². The first-order valence-corrected chi connectivity index (χ1v) is 7.57. The molecule has 0 aliphatic rings. The summed E-state index contributed by atoms with van der Waals surface area (Å²) >= 11 is 5.92. The molecular formula is C17H13ClFN3O2. The SMILES string of the molecule is O=C(Cc1ccc(F)cc1)NCc1nc(-c2cccc(Cl)c2)no1. The first kappa shape index (κ1) is 16.1. The topological polar surface area (TPSA) is 68.0 Å². The number of rotatable bonds is 5. The van der Waals surface area contributed by atoms with Crippen LogP contribution in [0.15, 0.2) is 53.1 Å². The fourth-order valence-electron chi connectivity index (χ4n) is 2.10. The summed E-state index contributed by atoms with van der Waals surface area (Å²) < 4.78 is 17.9. The molecule has 0 bridgehead atoms. The number of nitrogens with one attached hydrogen (secondary N) is 1. The maximum absolute atomic E-state index is 12.8. The molecule has 3 rings (SSSR count). The van der Waals surface area contributed by atoms with E-state index in [0.29, 0.717) is 10.8 Å². The predicted molar refractivity (Wildman–Crippen MR) is 86.7 cm³/mol. The van der Waals surface area contributed by atoms with Gasteiger partial charge in [0.05, 0.1) is 13.0 Å². The summed E-state index contributed by atoms with van der Waals surface area (Å²) in [5, 5.41) is 7.12. The van der Waals surface area contributed by atoms with E-state index < -0.39 is 0 Å². The maximum atomic E-state index is 12.8. The average molecular weight is 346 g/mol. The lowest BCUT2D eigenvalue weighted by Crippen LogP contribution is -2.24. The number of nitrogens with zero attached hydrogens (tertiary/aromatic N) is 2. The number of carbonyl (C=O) groups is 1. The highest BCUT2D eigenvalue weighted by Gasteiger charge is 2.10. The number of hydrogen-bond donors (Lipinski definition) is 1. The highest BCUT2D eigenvalue weighted by atomic mass is 35.5. The van der Waals surface area contributed by atoms with Gasteiger partial charge < -0.3 is 9.84 Å². The Morgan fingerprint density at radius 2 is 2.00 bits per heavy atom. The minimum Gasteiger partial charge on any atom is -0.347 e. The van der Waals surface area contributed by atoms with Crippen molar-refractivity contribution in [3.05, 3.63) is 70.8 Å². The summed E-state index contributed by atoms with van der Waals surface area (Å²) in [5.41, 5.74) is 1.45. The molecule has 0 aliphatic carbocycles. The van der Waals surface area contributed by atoms with Gasteiger partial charge in [-0.3, -0.25) is 4.79 Å². The lowest BCUT2D eigenvalue weighted by molar-refractivity contribution is -0.120. The van der Waals surface area contributed by atoms with Crippen LogP contribution >= 0.6 is 11.6 Å². The van der Waals surface area contributed by atoms with E-state index in [4.69, 9.17) is 16.1 Å². The molecular weight excluding hydrogens is 333 g/mol. The summed E-state index contributed by atoms with van der Waals surface area (Å²) in [7, 11) is 0. The first-order chi connectivity index (χ1) is 11.6. The van der Waals surface area contributed by atoms with Crippen molar-refractivity contribution in [1.29, 1.82) is 0 Å². The van der Waals surface area contributed by atoms with Gasteiger partial charge in [0.15, 0.2) is 0 Å². The molecule has 1 heterocycles. The molecule has 0 spiro atoms. The highest BCUT2D eigenvalue weighted by Crippen LogP contribution is 2.19. The molecule has 0 radical (unpaired) electrons. The summed E-state index contributed by atoms with van der Waals surface area (Å²) in [4.78, 5) is 16.1. The van der Waals surface area contributed by atoms with Gasteiger partial charge in [0.1, 0.15) is 5.82 Å². The van der Waals surface area contributed by atoms with Gasteiger partial charge in [-0.05, 0) is 29.8 Å². The van der Waals surface area contributed by atoms with E-state index in [9.17, 15) is 9.18 Å². The third-order valence-corrected chi connectivity index (χ3v) is 3.50. The largest absolute Gasteiger partial charge is 0.347 e. The highest BCUT2D eigenvalue weighted by molar-refractivity contribution is 6.30. The third kappa shape index (κ3) is 4.17. The Balaban J connectivity index is 1.57. The second-order valence-corrected chi connectivity index (χ2v) is 5.54. The second-order valence-electron chi connectivity index (χ2n) is 5.10. The van der Waals surface area contributed by atoms with Crippen molar-refractivity contribution >= 4 is 17.5 Å². The van der Waals surface area contributed by atoms with Gasteiger partial charge in [-0.1, -0.05) is 41.0 Å². The Morgan fingerprint density at radius 3 is 2.75 bits per heavy atom. The van der Waals surface area contributed by atoms with Crippen LogP contribution in [0.2, 0.25) is 5.02 Å². The Morgan fingerprint density at radius 1 is 1.21 bits per heavy atom. The lowest BCUT2D eigenvalue weighted by Gasteiger charge is -2.02. The Hall–Kier alpha value is -2.73. The van der Waals surface area contributed by atoms with Crippen LogP contribution in [-0.4, -0.2) is 16.0 Å². The van der Waals surface area contributed by atoms with Gasteiger partial charge in [-0.25, -0.2) is 4.39 Å². The summed E-state index contributed by atoms with van der Waals surface area (Å²) in [5.74, 6) is 0.139. The molecule has 0 fully saturated rings. The van der Waals surface area contributed by atoms with Crippen LogP contribution in [0.3, 0.4) is 0 Å². The van der Waals surface area contributed by atoms with Crippen molar-refractivity contribution in [1.82, 2.24) is 15.5 Å². The molecule has 1 aromatic heterocycles. The van der Waals surface area contributed by atoms with E-state index in [1.54, 1.807) is 30.3 Å². The molecule has 24 heavy (non-hydrogen) atoms. The molecule has 1 N–H and O–H groups in total. The van der Waals surface area contributed by atoms with Gasteiger partial charge in [-0.15, -0.1) is 0 Å². The number of carbonyl (C=O) groups excluding carboxylic acids is 1. The van der Waals surface area contributed by atoms with Gasteiger partial charge in [0, 0.05) is 10.6 Å². The smallest absolute Gasteiger partial charge is 0.246 e. The predicted octanol–water partition coefficient (Wildman–Crippen LogP) is 3.39. The fraction of sp³-hybridized carbons (Fsp3) is 0.118. The minimum absolute atomic E-state index is 0.119. The van der Waals surface area contributed by atoms with Crippen molar-refractivity contribution in [3.63, 3.8) is 0 Å². The minimum atomic E-state index is -0.335. The Bertz CT molecular complexity index is 849. The van der Waals surface area contributed by atoms with Gasteiger partial charge >= 0.3 is 0 Å². The number of hydrogen-bond acceptors (Lipinski definition) is 4. The molecule has 2 aromatic carbocycles. The van der Waals surface area contributed by atoms with Crippen molar-refractivity contribution in [3.8, 4) is 11.4 Å². The van der Waals surface area contributed by atoms with Gasteiger partial charge in [0.2, 0.25) is 17.6 Å². The first-order valence-electron chi connectivity index (χ1n) is 7.20. The van der Waals surface area contributed by atoms with Crippen molar-refractivity contribution in [2.45, 2.75) is 13.0 Å². The molecule has 5 nitrogen and oxygen atoms in total. The van der Waals surface area contributed by atoms with E-state index in [2.05, 4.69) is 15.5 Å². The maximum Gasteiger partial charge on any atom is 0.246 e. The van der Waals surface area contributed by atoms with Crippen LogP contribution in [-0.2, 0) is 17.8 Å². The molecule has 0 saturated heterocycles. The standard InChI is InChI=1S/C17H13ClFN3O2/c18-13-3-1-2-12(9-13)17-21-16(24-22-17)10-20-15(23)8-11-4-6-14(19)7-5-11/h1-7,9H,8,10H2,(H,20,23). The zero-order chi connectivity index (χ0) is 16.9. The lowest BCUT2D eigenvalue weighted by atomic mass is 10.1. The second kappa shape index (κ2) is 7.23. The molecule has 0 atom stereocenters. The van der Waals surface area contributed by atoms with E-state index >= 15 is 0 Å². The Kier molecular flexibility index (Phi) is 4.86. The zero-order valence-electron chi connectivity index (χ0n) is 12.5. The van der Waals surface area contributed by atoms with Crippen molar-refractivity contribution in [2.24, 2.45) is 0 Å². The fourth-order valence-corrected chi connectivity index (χ4v) is 2.29. The summed E-state index contributed by atoms with van der Waals surface area (Å²) in [6.45, 7) is 0.119. The zero-order valence-corrected chi connectivity index (χ0v) is 13.3. The number of amides is 1. The van der Waals surface area contributed by atoms with E-state index in [-0.39, 0.29) is 30.6 Å². The molecule has 0 saturated carbocycles. The van der Waals surface area contributed by atoms with E-state index in [1.807, 2.05) is 6.07 Å².